The molecule has 0 heterocycles. The van der Waals surface area contributed by atoms with Crippen molar-refractivity contribution in [2.24, 2.45) is 0 Å². The van der Waals surface area contributed by atoms with Crippen molar-refractivity contribution in [2.45, 2.75) is 58.0 Å². The van der Waals surface area contributed by atoms with Gasteiger partial charge in [0, 0.05) is 0 Å². The number of aliphatic hydroxyl groups excluding tert-OH is 1. The number of rotatable bonds is 10. The average Bonchev–Trinajstić information content (AvgIpc) is 2.66. The molecule has 0 aromatic heterocycles. The molecule has 5 heteroatoms. The first kappa shape index (κ1) is 22.1. The SMILES string of the molecule is CC(C)(CCOC(C)(C)C(O)c1ccccc1C(=O)O)OCc1ccccc1. The quantitative estimate of drug-likeness (QED) is 0.624. The molecule has 2 rings (SSSR count). The van der Waals surface area contributed by atoms with E-state index in [9.17, 15) is 15.0 Å². The van der Waals surface area contributed by atoms with Crippen molar-refractivity contribution in [1.82, 2.24) is 0 Å². The Morgan fingerprint density at radius 3 is 2.21 bits per heavy atom. The first-order valence-corrected chi connectivity index (χ1v) is 9.44. The number of carboxylic acids is 1. The van der Waals surface area contributed by atoms with Crippen LogP contribution in [0.2, 0.25) is 0 Å². The summed E-state index contributed by atoms with van der Waals surface area (Å²) in [6.45, 7) is 8.42. The number of benzene rings is 2. The third-order valence-corrected chi connectivity index (χ3v) is 4.79. The van der Waals surface area contributed by atoms with Crippen molar-refractivity contribution >= 4 is 5.97 Å². The van der Waals surface area contributed by atoms with Gasteiger partial charge in [0.1, 0.15) is 6.10 Å². The van der Waals surface area contributed by atoms with Crippen LogP contribution in [0.25, 0.3) is 0 Å². The molecular formula is C23H30O5. The summed E-state index contributed by atoms with van der Waals surface area (Å²) in [5.74, 6) is -1.07. The summed E-state index contributed by atoms with van der Waals surface area (Å²) in [5, 5.41) is 20.1. The molecule has 152 valence electrons. The second-order valence-electron chi connectivity index (χ2n) is 8.03. The maximum atomic E-state index is 11.4. The average molecular weight is 386 g/mol. The van der Waals surface area contributed by atoms with E-state index in [0.29, 0.717) is 25.2 Å². The van der Waals surface area contributed by atoms with Crippen molar-refractivity contribution in [3.63, 3.8) is 0 Å². The van der Waals surface area contributed by atoms with E-state index in [1.54, 1.807) is 32.0 Å². The van der Waals surface area contributed by atoms with Gasteiger partial charge in [-0.15, -0.1) is 0 Å². The van der Waals surface area contributed by atoms with Crippen LogP contribution in [0, 0.1) is 0 Å². The Labute approximate surface area is 166 Å². The van der Waals surface area contributed by atoms with Gasteiger partial charge in [-0.25, -0.2) is 4.79 Å². The van der Waals surface area contributed by atoms with E-state index < -0.39 is 23.3 Å². The fourth-order valence-electron chi connectivity index (χ4n) is 2.87. The summed E-state index contributed by atoms with van der Waals surface area (Å²) in [7, 11) is 0. The molecule has 0 amide bonds. The van der Waals surface area contributed by atoms with Crippen molar-refractivity contribution < 1.29 is 24.5 Å². The lowest BCUT2D eigenvalue weighted by atomic mass is 9.91. The van der Waals surface area contributed by atoms with E-state index in [0.717, 1.165) is 5.56 Å². The van der Waals surface area contributed by atoms with Crippen LogP contribution >= 0.6 is 0 Å². The van der Waals surface area contributed by atoms with E-state index in [1.807, 2.05) is 44.2 Å². The highest BCUT2D eigenvalue weighted by Gasteiger charge is 2.33. The van der Waals surface area contributed by atoms with Gasteiger partial charge in [0.2, 0.25) is 0 Å². The van der Waals surface area contributed by atoms with E-state index in [-0.39, 0.29) is 5.56 Å². The monoisotopic (exact) mass is 386 g/mol. The third-order valence-electron chi connectivity index (χ3n) is 4.79. The van der Waals surface area contributed by atoms with Crippen LogP contribution in [-0.4, -0.2) is 34.0 Å². The minimum absolute atomic E-state index is 0.0817. The van der Waals surface area contributed by atoms with Crippen molar-refractivity contribution in [3.05, 3.63) is 71.3 Å². The number of ether oxygens (including phenoxy) is 2. The van der Waals surface area contributed by atoms with Crippen LogP contribution in [0.5, 0.6) is 0 Å². The summed E-state index contributed by atoms with van der Waals surface area (Å²) in [6.07, 6.45) is -0.426. The van der Waals surface area contributed by atoms with Crippen LogP contribution in [0.1, 0.15) is 61.7 Å². The van der Waals surface area contributed by atoms with Gasteiger partial charge in [-0.3, -0.25) is 0 Å². The summed E-state index contributed by atoms with van der Waals surface area (Å²) >= 11 is 0. The zero-order chi connectivity index (χ0) is 20.8. The third kappa shape index (κ3) is 6.16. The van der Waals surface area contributed by atoms with E-state index >= 15 is 0 Å². The highest BCUT2D eigenvalue weighted by Crippen LogP contribution is 2.32. The van der Waals surface area contributed by atoms with Crippen LogP contribution < -0.4 is 0 Å². The Bertz CT molecular complexity index is 768. The molecule has 0 aliphatic carbocycles. The number of aromatic carboxylic acids is 1. The van der Waals surface area contributed by atoms with E-state index in [2.05, 4.69) is 0 Å². The second kappa shape index (κ2) is 9.32. The Morgan fingerprint density at radius 1 is 0.964 bits per heavy atom. The molecule has 0 aliphatic heterocycles. The Hall–Kier alpha value is -2.21. The predicted molar refractivity (Wildman–Crippen MR) is 108 cm³/mol. The molecule has 28 heavy (non-hydrogen) atoms. The van der Waals surface area contributed by atoms with Crippen molar-refractivity contribution in [3.8, 4) is 0 Å². The smallest absolute Gasteiger partial charge is 0.336 e. The first-order chi connectivity index (χ1) is 13.1. The van der Waals surface area contributed by atoms with Crippen LogP contribution in [0.15, 0.2) is 54.6 Å². The van der Waals surface area contributed by atoms with Gasteiger partial charge in [-0.2, -0.15) is 0 Å². The number of carbonyl (C=O) groups is 1. The summed E-state index contributed by atoms with van der Waals surface area (Å²) in [6, 6.07) is 16.4. The fourth-order valence-corrected chi connectivity index (χ4v) is 2.87. The number of aliphatic hydroxyl groups is 1. The van der Waals surface area contributed by atoms with Gasteiger partial charge in [-0.1, -0.05) is 48.5 Å². The minimum Gasteiger partial charge on any atom is -0.478 e. The Morgan fingerprint density at radius 2 is 1.57 bits per heavy atom. The molecule has 0 fully saturated rings. The lowest BCUT2D eigenvalue weighted by molar-refractivity contribution is -0.122. The van der Waals surface area contributed by atoms with E-state index in [1.165, 1.54) is 6.07 Å². The van der Waals surface area contributed by atoms with Gasteiger partial charge in [0.15, 0.2) is 0 Å². The highest BCUT2D eigenvalue weighted by atomic mass is 16.5. The second-order valence-corrected chi connectivity index (χ2v) is 8.03. The lowest BCUT2D eigenvalue weighted by Crippen LogP contribution is -2.36. The molecule has 0 saturated heterocycles. The molecule has 0 spiro atoms. The molecular weight excluding hydrogens is 356 g/mol. The zero-order valence-electron chi connectivity index (χ0n) is 17.0. The molecule has 2 aromatic carbocycles. The van der Waals surface area contributed by atoms with Crippen LogP contribution in [0.3, 0.4) is 0 Å². The van der Waals surface area contributed by atoms with Gasteiger partial charge >= 0.3 is 5.97 Å². The van der Waals surface area contributed by atoms with Gasteiger partial charge in [0.25, 0.3) is 0 Å². The summed E-state index contributed by atoms with van der Waals surface area (Å²) in [4.78, 5) is 11.4. The summed E-state index contributed by atoms with van der Waals surface area (Å²) < 4.78 is 12.0. The normalized spacial score (nSPS) is 13.3. The molecule has 1 atom stereocenters. The molecule has 1 unspecified atom stereocenters. The Balaban J connectivity index is 1.92. The lowest BCUT2D eigenvalue weighted by Gasteiger charge is -2.33. The maximum Gasteiger partial charge on any atom is 0.336 e. The van der Waals surface area contributed by atoms with Crippen LogP contribution in [0.4, 0.5) is 0 Å². The van der Waals surface area contributed by atoms with Gasteiger partial charge < -0.3 is 19.7 Å². The molecule has 0 bridgehead atoms. The standard InChI is InChI=1S/C23H30O5/c1-22(2,28-16-17-10-6-5-7-11-17)14-15-27-23(3,4)20(24)18-12-8-9-13-19(18)21(25)26/h5-13,20,24H,14-16H2,1-4H3,(H,25,26). The minimum atomic E-state index is -1.07. The molecule has 2 N–H and O–H groups in total. The van der Waals surface area contributed by atoms with E-state index in [4.69, 9.17) is 9.47 Å². The number of hydrogen-bond acceptors (Lipinski definition) is 4. The summed E-state index contributed by atoms with van der Waals surface area (Å²) in [5.41, 5.74) is 0.201. The topological polar surface area (TPSA) is 76.0 Å². The molecule has 2 aromatic rings. The van der Waals surface area contributed by atoms with Gasteiger partial charge in [0.05, 0.1) is 30.0 Å². The van der Waals surface area contributed by atoms with Crippen LogP contribution in [-0.2, 0) is 16.1 Å². The van der Waals surface area contributed by atoms with Crippen molar-refractivity contribution in [1.29, 1.82) is 0 Å². The van der Waals surface area contributed by atoms with Crippen molar-refractivity contribution in [2.75, 3.05) is 6.61 Å². The fraction of sp³-hybridized carbons (Fsp3) is 0.435. The molecule has 5 nitrogen and oxygen atoms in total. The molecule has 0 aliphatic rings. The predicted octanol–water partition coefficient (Wildman–Crippen LogP) is 4.60. The van der Waals surface area contributed by atoms with Gasteiger partial charge in [-0.05, 0) is 51.3 Å². The number of carboxylic acid groups (broad SMARTS) is 1. The number of hydrogen-bond donors (Lipinski definition) is 2. The highest BCUT2D eigenvalue weighted by molar-refractivity contribution is 5.89. The molecule has 0 saturated carbocycles. The first-order valence-electron chi connectivity index (χ1n) is 9.44. The Kier molecular flexibility index (Phi) is 7.35. The zero-order valence-corrected chi connectivity index (χ0v) is 17.0. The largest absolute Gasteiger partial charge is 0.478 e. The maximum absolute atomic E-state index is 11.4. The molecule has 0 radical (unpaired) electrons.